The molecule has 0 unspecified atom stereocenters. The predicted octanol–water partition coefficient (Wildman–Crippen LogP) is 4.81. The van der Waals surface area contributed by atoms with Gasteiger partial charge in [0.25, 0.3) is 0 Å². The van der Waals surface area contributed by atoms with E-state index in [9.17, 15) is 14.7 Å². The van der Waals surface area contributed by atoms with E-state index >= 15 is 0 Å². The highest BCUT2D eigenvalue weighted by molar-refractivity contribution is 6.07. The van der Waals surface area contributed by atoms with Crippen molar-refractivity contribution >= 4 is 28.5 Å². The number of rotatable bonds is 17. The molecule has 0 spiro atoms. The van der Waals surface area contributed by atoms with Gasteiger partial charge in [-0.25, -0.2) is 9.37 Å². The van der Waals surface area contributed by atoms with Crippen molar-refractivity contribution in [1.29, 1.82) is 0 Å². The number of fused-ring (bicyclic) bond motifs is 2. The number of nitrogens with zero attached hydrogens (tertiary/aromatic N) is 6. The summed E-state index contributed by atoms with van der Waals surface area (Å²) in [4.78, 5) is 24.6. The van der Waals surface area contributed by atoms with Crippen molar-refractivity contribution in [3.63, 3.8) is 0 Å². The van der Waals surface area contributed by atoms with E-state index in [1.54, 1.807) is 19.1 Å². The Morgan fingerprint density at radius 3 is 2.07 bits per heavy atom. The van der Waals surface area contributed by atoms with Gasteiger partial charge >= 0.3 is 5.97 Å². The number of amides is 1. The molecule has 15 heteroatoms. The third-order valence-corrected chi connectivity index (χ3v) is 8.70. The minimum absolute atomic E-state index is 0.0602. The van der Waals surface area contributed by atoms with Crippen LogP contribution in [0.5, 0.6) is 5.75 Å². The zero-order chi connectivity index (χ0) is 41.4. The first kappa shape index (κ1) is 42.8. The summed E-state index contributed by atoms with van der Waals surface area (Å²) >= 11 is 0. The van der Waals surface area contributed by atoms with Crippen LogP contribution >= 0.6 is 0 Å². The molecule has 4 aromatic rings. The molecule has 2 aliphatic rings. The lowest BCUT2D eigenvalue weighted by Gasteiger charge is -2.18. The molecule has 0 fully saturated rings. The van der Waals surface area contributed by atoms with Crippen LogP contribution in [-0.4, -0.2) is 118 Å². The van der Waals surface area contributed by atoms with Crippen molar-refractivity contribution in [2.75, 3.05) is 85.9 Å². The molecule has 0 saturated carbocycles. The molecule has 0 radical (unpaired) electrons. The van der Waals surface area contributed by atoms with Crippen molar-refractivity contribution in [1.82, 2.24) is 30.3 Å². The van der Waals surface area contributed by atoms with Gasteiger partial charge in [-0.1, -0.05) is 18.2 Å². The second-order valence-corrected chi connectivity index (χ2v) is 13.4. The van der Waals surface area contributed by atoms with E-state index in [1.165, 1.54) is 6.92 Å². The van der Waals surface area contributed by atoms with Crippen LogP contribution in [0.1, 0.15) is 23.1 Å². The van der Waals surface area contributed by atoms with E-state index in [0.717, 1.165) is 50.2 Å². The molecule has 1 amide bonds. The fourth-order valence-corrected chi connectivity index (χ4v) is 5.76. The highest BCUT2D eigenvalue weighted by atomic mass is 16.6. The number of carbonyl (C=O) groups is 2. The molecule has 2 heterocycles. The van der Waals surface area contributed by atoms with Gasteiger partial charge in [0.15, 0.2) is 5.82 Å². The maximum absolute atomic E-state index is 11.9. The maximum Gasteiger partial charge on any atom is 0.336 e. The van der Waals surface area contributed by atoms with Gasteiger partial charge in [0.1, 0.15) is 37.8 Å². The molecule has 0 bridgehead atoms. The number of aryl methyl sites for hydroxylation is 1. The molecule has 15 nitrogen and oxygen atoms in total. The molecule has 1 aliphatic heterocycles. The van der Waals surface area contributed by atoms with Crippen LogP contribution in [0.15, 0.2) is 89.3 Å². The second-order valence-electron chi connectivity index (χ2n) is 13.4. The van der Waals surface area contributed by atoms with E-state index in [0.29, 0.717) is 70.0 Å². The molecule has 6 rings (SSSR count). The van der Waals surface area contributed by atoms with Crippen LogP contribution in [0.2, 0.25) is 0 Å². The number of anilines is 1. The summed E-state index contributed by atoms with van der Waals surface area (Å²) in [7, 11) is 7.92. The van der Waals surface area contributed by atoms with Gasteiger partial charge in [0.05, 0.1) is 51.3 Å². The van der Waals surface area contributed by atoms with Crippen molar-refractivity contribution < 1.29 is 38.1 Å². The van der Waals surface area contributed by atoms with Crippen molar-refractivity contribution in [2.24, 2.45) is 0 Å². The molecule has 3 aromatic carbocycles. The first-order chi connectivity index (χ1) is 28.0. The summed E-state index contributed by atoms with van der Waals surface area (Å²) in [6.07, 6.45) is 0. The highest BCUT2D eigenvalue weighted by Crippen LogP contribution is 2.41. The normalized spacial score (nSPS) is 10.9. The first-order valence-electron chi connectivity index (χ1n) is 18.8. The van der Waals surface area contributed by atoms with Gasteiger partial charge in [-0.15, -0.1) is 20.4 Å². The number of aromatic carboxylic acids is 1. The third-order valence-electron chi connectivity index (χ3n) is 8.70. The van der Waals surface area contributed by atoms with Gasteiger partial charge < -0.3 is 38.7 Å². The van der Waals surface area contributed by atoms with Crippen LogP contribution < -0.4 is 24.9 Å². The van der Waals surface area contributed by atoms with E-state index in [1.807, 2.05) is 110 Å². The molecule has 0 saturated heterocycles. The molecule has 1 aromatic heterocycles. The van der Waals surface area contributed by atoms with E-state index in [2.05, 4.69) is 25.7 Å². The number of carboxylic acids is 1. The summed E-state index contributed by atoms with van der Waals surface area (Å²) in [5.41, 5.74) is 5.27. The number of hydrogen-bond acceptors (Lipinski definition) is 12. The maximum atomic E-state index is 11.9. The fraction of sp³-hybridized carbons (Fsp3) is 0.326. The van der Waals surface area contributed by atoms with E-state index in [4.69, 9.17) is 23.4 Å². The lowest BCUT2D eigenvalue weighted by molar-refractivity contribution is -0.119. The van der Waals surface area contributed by atoms with Gasteiger partial charge in [-0.2, -0.15) is 0 Å². The zero-order valence-corrected chi connectivity index (χ0v) is 33.7. The summed E-state index contributed by atoms with van der Waals surface area (Å²) in [5, 5.41) is 30.1. The lowest BCUT2D eigenvalue weighted by atomic mass is 9.90. The summed E-state index contributed by atoms with van der Waals surface area (Å²) in [5.74, 6) is 1.45. The van der Waals surface area contributed by atoms with Crippen molar-refractivity contribution in [3.05, 3.63) is 102 Å². The first-order valence-corrected chi connectivity index (χ1v) is 18.8. The Morgan fingerprint density at radius 2 is 1.43 bits per heavy atom. The summed E-state index contributed by atoms with van der Waals surface area (Å²) in [6, 6.07) is 26.5. The smallest absolute Gasteiger partial charge is 0.336 e. The van der Waals surface area contributed by atoms with Crippen LogP contribution in [0.25, 0.3) is 44.8 Å². The van der Waals surface area contributed by atoms with Crippen LogP contribution in [0.3, 0.4) is 0 Å². The predicted molar refractivity (Wildman–Crippen MR) is 221 cm³/mol. The number of benzene rings is 4. The molecule has 304 valence electrons. The molecule has 1 aliphatic carbocycles. The Kier molecular flexibility index (Phi) is 15.7. The Bertz CT molecular complexity index is 2310. The Balaban J connectivity index is 0.000000221. The monoisotopic (exact) mass is 792 g/mol. The largest absolute Gasteiger partial charge is 0.491 e. The van der Waals surface area contributed by atoms with Crippen LogP contribution in [0, 0.1) is 6.92 Å². The quantitative estimate of drug-likeness (QED) is 0.0733. The minimum Gasteiger partial charge on any atom is -0.491 e. The van der Waals surface area contributed by atoms with Gasteiger partial charge in [-0.05, 0) is 61.0 Å². The number of carbonyl (C=O) groups excluding carboxylic acids is 1. The lowest BCUT2D eigenvalue weighted by Crippen LogP contribution is -2.25. The highest BCUT2D eigenvalue weighted by Gasteiger charge is 2.22. The Labute approximate surface area is 337 Å². The van der Waals surface area contributed by atoms with Crippen LogP contribution in [-0.2, 0) is 19.0 Å². The van der Waals surface area contributed by atoms with Gasteiger partial charge in [0.2, 0.25) is 17.1 Å². The number of carboxylic acid groups (broad SMARTS) is 1. The fourth-order valence-electron chi connectivity index (χ4n) is 5.76. The van der Waals surface area contributed by atoms with Gasteiger partial charge in [-0.3, -0.25) is 4.79 Å². The SMILES string of the molecule is CC(=O)NCCOCCOCCOCCOc1ccc(-c2nnc(C)nn2)cc1.CN(C)c1ccc2c(-c3ccccc3C(=O)O)c3ccc(=[N+](C)C)cc-3oc2c1. The van der Waals surface area contributed by atoms with E-state index < -0.39 is 5.97 Å². The second kappa shape index (κ2) is 21.3. The Hall–Kier alpha value is -6.29. The minimum atomic E-state index is -0.947. The van der Waals surface area contributed by atoms with E-state index in [-0.39, 0.29) is 11.5 Å². The number of ether oxygens (including phenoxy) is 4. The van der Waals surface area contributed by atoms with Crippen molar-refractivity contribution in [2.45, 2.75) is 13.8 Å². The number of aromatic nitrogens is 4. The summed E-state index contributed by atoms with van der Waals surface area (Å²) in [6.45, 7) is 7.05. The van der Waals surface area contributed by atoms with Crippen LogP contribution in [0.4, 0.5) is 5.69 Å². The number of hydrogen-bond donors (Lipinski definition) is 2. The third kappa shape index (κ3) is 12.1. The Morgan fingerprint density at radius 1 is 0.776 bits per heavy atom. The molecular formula is C43H50N7O8+. The standard InChI is InChI=1S/C24H22N2O3.C19H27N5O5/c1-25(2)15-9-11-19-21(13-15)29-22-14-16(26(3)4)10-12-20(22)23(19)17-7-5-6-8-18(17)24(27)28;1-15-21-23-19(24-22-15)17-3-5-18(6-4-17)29-14-13-28-12-11-27-10-9-26-8-7-20-16(2)25/h5-14H,1-4H3;3-6H,7-14H2,1-2H3,(H,20,25)/p+1. The topological polar surface area (TPSA) is 174 Å². The average Bonchev–Trinajstić information content (AvgIpc) is 3.21. The molecule has 58 heavy (non-hydrogen) atoms. The average molecular weight is 793 g/mol. The van der Waals surface area contributed by atoms with Gasteiger partial charge in [0, 0.05) is 67.5 Å². The molecule has 2 N–H and O–H groups in total. The summed E-state index contributed by atoms with van der Waals surface area (Å²) < 4.78 is 30.1. The van der Waals surface area contributed by atoms with Crippen molar-refractivity contribution in [3.8, 4) is 39.6 Å². The zero-order valence-electron chi connectivity index (χ0n) is 33.7. The number of nitrogens with one attached hydrogen (secondary N) is 1. The molecule has 0 atom stereocenters. The molecular weight excluding hydrogens is 743 g/mol.